The molecule has 0 saturated heterocycles. The lowest BCUT2D eigenvalue weighted by Crippen LogP contribution is -2.51. The van der Waals surface area contributed by atoms with Crippen LogP contribution in [0.4, 0.5) is 0 Å². The zero-order valence-corrected chi connectivity index (χ0v) is 22.4. The van der Waals surface area contributed by atoms with Crippen LogP contribution < -0.4 is 10.1 Å². The minimum atomic E-state index is -0.645. The van der Waals surface area contributed by atoms with Crippen molar-refractivity contribution >= 4 is 35.2 Å². The predicted molar refractivity (Wildman–Crippen MR) is 148 cm³/mol. The molecule has 0 bridgehead atoms. The number of benzene rings is 3. The van der Waals surface area contributed by atoms with Crippen molar-refractivity contribution in [1.82, 2.24) is 10.2 Å². The molecule has 1 N–H and O–H groups in total. The standard InChI is InChI=1S/C29H33ClN2O3S/c1-3-4-17-31-29(34)27(19-22-9-6-5-7-10-22)32(20-23-11-8-12-25(18-23)35-2)28(33)21-36-26-15-13-24(30)14-16-26/h5-16,18,27H,3-4,17,19-21H2,1-2H3,(H,31,34)/t27-/m0/s1. The number of nitrogens with zero attached hydrogens (tertiary/aromatic N) is 1. The Labute approximate surface area is 223 Å². The maximum absolute atomic E-state index is 13.7. The minimum Gasteiger partial charge on any atom is -0.497 e. The van der Waals surface area contributed by atoms with Gasteiger partial charge in [0.15, 0.2) is 0 Å². The summed E-state index contributed by atoms with van der Waals surface area (Å²) in [6.45, 7) is 2.97. The van der Waals surface area contributed by atoms with Crippen LogP contribution in [0.3, 0.4) is 0 Å². The first-order chi connectivity index (χ1) is 17.5. The molecular formula is C29H33ClN2O3S. The number of unbranched alkanes of at least 4 members (excludes halogenated alkanes) is 1. The fraction of sp³-hybridized carbons (Fsp3) is 0.310. The fourth-order valence-electron chi connectivity index (χ4n) is 3.79. The smallest absolute Gasteiger partial charge is 0.243 e. The van der Waals surface area contributed by atoms with Crippen LogP contribution >= 0.6 is 23.4 Å². The van der Waals surface area contributed by atoms with Crippen molar-refractivity contribution < 1.29 is 14.3 Å². The van der Waals surface area contributed by atoms with Crippen LogP contribution in [0, 0.1) is 0 Å². The molecule has 0 aliphatic carbocycles. The van der Waals surface area contributed by atoms with E-state index in [1.165, 1.54) is 11.8 Å². The number of carbonyl (C=O) groups is 2. The molecule has 0 aliphatic rings. The van der Waals surface area contributed by atoms with E-state index in [0.717, 1.165) is 28.9 Å². The maximum atomic E-state index is 13.7. The highest BCUT2D eigenvalue weighted by Gasteiger charge is 2.30. The second-order valence-corrected chi connectivity index (χ2v) is 9.95. The Morgan fingerprint density at radius 3 is 2.42 bits per heavy atom. The largest absolute Gasteiger partial charge is 0.497 e. The number of halogens is 1. The molecule has 0 fully saturated rings. The van der Waals surface area contributed by atoms with Crippen molar-refractivity contribution in [3.05, 3.63) is 95.0 Å². The molecule has 5 nitrogen and oxygen atoms in total. The summed E-state index contributed by atoms with van der Waals surface area (Å²) in [5.74, 6) is 0.672. The Hall–Kier alpha value is -2.96. The Morgan fingerprint density at radius 1 is 1.00 bits per heavy atom. The van der Waals surface area contributed by atoms with Crippen LogP contribution in [0.15, 0.2) is 83.8 Å². The van der Waals surface area contributed by atoms with Gasteiger partial charge in [0.2, 0.25) is 11.8 Å². The van der Waals surface area contributed by atoms with E-state index >= 15 is 0 Å². The quantitative estimate of drug-likeness (QED) is 0.220. The van der Waals surface area contributed by atoms with Gasteiger partial charge in [-0.3, -0.25) is 9.59 Å². The lowest BCUT2D eigenvalue weighted by molar-refractivity contribution is -0.139. The number of hydrogen-bond donors (Lipinski definition) is 1. The first-order valence-electron chi connectivity index (χ1n) is 12.1. The van der Waals surface area contributed by atoms with E-state index in [4.69, 9.17) is 16.3 Å². The summed E-state index contributed by atoms with van der Waals surface area (Å²) in [7, 11) is 1.62. The highest BCUT2D eigenvalue weighted by atomic mass is 35.5. The molecule has 0 aromatic heterocycles. The van der Waals surface area contributed by atoms with Crippen LogP contribution in [0.25, 0.3) is 0 Å². The third kappa shape index (κ3) is 8.61. The van der Waals surface area contributed by atoms with Gasteiger partial charge in [-0.1, -0.05) is 67.4 Å². The zero-order chi connectivity index (χ0) is 25.8. The number of amides is 2. The normalized spacial score (nSPS) is 11.5. The number of rotatable bonds is 13. The Morgan fingerprint density at radius 2 is 1.72 bits per heavy atom. The fourth-order valence-corrected chi connectivity index (χ4v) is 4.70. The van der Waals surface area contributed by atoms with Crippen LogP contribution in [0.2, 0.25) is 5.02 Å². The van der Waals surface area contributed by atoms with E-state index < -0.39 is 6.04 Å². The van der Waals surface area contributed by atoms with Crippen LogP contribution in [0.1, 0.15) is 30.9 Å². The van der Waals surface area contributed by atoms with Gasteiger partial charge in [-0.05, 0) is 53.9 Å². The van der Waals surface area contributed by atoms with Gasteiger partial charge in [0.1, 0.15) is 11.8 Å². The van der Waals surface area contributed by atoms with Gasteiger partial charge in [0.05, 0.1) is 12.9 Å². The molecule has 3 aromatic rings. The monoisotopic (exact) mass is 524 g/mol. The van der Waals surface area contributed by atoms with Gasteiger partial charge in [-0.25, -0.2) is 0 Å². The number of nitrogens with one attached hydrogen (secondary N) is 1. The lowest BCUT2D eigenvalue weighted by Gasteiger charge is -2.31. The van der Waals surface area contributed by atoms with Crippen LogP contribution in [0.5, 0.6) is 5.75 Å². The molecule has 1 atom stereocenters. The van der Waals surface area contributed by atoms with Gasteiger partial charge < -0.3 is 15.0 Å². The molecular weight excluding hydrogens is 492 g/mol. The molecule has 2 amide bonds. The summed E-state index contributed by atoms with van der Waals surface area (Å²) in [6.07, 6.45) is 2.30. The molecule has 7 heteroatoms. The van der Waals surface area contributed by atoms with Gasteiger partial charge in [-0.15, -0.1) is 11.8 Å². The molecule has 190 valence electrons. The number of carbonyl (C=O) groups excluding carboxylic acids is 2. The van der Waals surface area contributed by atoms with Gasteiger partial charge >= 0.3 is 0 Å². The van der Waals surface area contributed by atoms with E-state index in [1.807, 2.05) is 78.9 Å². The summed E-state index contributed by atoms with van der Waals surface area (Å²) in [6, 6.07) is 24.2. The molecule has 3 rings (SSSR count). The topological polar surface area (TPSA) is 58.6 Å². The second kappa shape index (κ2) is 14.6. The molecule has 3 aromatic carbocycles. The van der Waals surface area contributed by atoms with Gasteiger partial charge in [0.25, 0.3) is 0 Å². The van der Waals surface area contributed by atoms with Crippen molar-refractivity contribution in [2.45, 2.75) is 43.7 Å². The summed E-state index contributed by atoms with van der Waals surface area (Å²) in [5.41, 5.74) is 1.90. The first kappa shape index (κ1) is 27.6. The lowest BCUT2D eigenvalue weighted by atomic mass is 10.0. The van der Waals surface area contributed by atoms with Gasteiger partial charge in [0, 0.05) is 29.4 Å². The van der Waals surface area contributed by atoms with E-state index in [0.29, 0.717) is 30.3 Å². The molecule has 36 heavy (non-hydrogen) atoms. The highest BCUT2D eigenvalue weighted by Crippen LogP contribution is 2.23. The summed E-state index contributed by atoms with van der Waals surface area (Å²) < 4.78 is 5.38. The van der Waals surface area contributed by atoms with Gasteiger partial charge in [-0.2, -0.15) is 0 Å². The third-order valence-corrected chi connectivity index (χ3v) is 7.01. The third-order valence-electron chi connectivity index (χ3n) is 5.76. The average molecular weight is 525 g/mol. The molecule has 0 heterocycles. The predicted octanol–water partition coefficient (Wildman–Crippen LogP) is 6.00. The maximum Gasteiger partial charge on any atom is 0.243 e. The zero-order valence-electron chi connectivity index (χ0n) is 20.8. The summed E-state index contributed by atoms with van der Waals surface area (Å²) in [4.78, 5) is 29.8. The van der Waals surface area contributed by atoms with E-state index in [2.05, 4.69) is 12.2 Å². The van der Waals surface area contributed by atoms with E-state index in [9.17, 15) is 9.59 Å². The molecule has 0 radical (unpaired) electrons. The second-order valence-electron chi connectivity index (χ2n) is 8.47. The van der Waals surface area contributed by atoms with Crippen molar-refractivity contribution in [1.29, 1.82) is 0 Å². The highest BCUT2D eigenvalue weighted by molar-refractivity contribution is 8.00. The van der Waals surface area contributed by atoms with E-state index in [-0.39, 0.29) is 17.6 Å². The molecule has 0 spiro atoms. The SMILES string of the molecule is CCCCNC(=O)[C@H](Cc1ccccc1)N(Cc1cccc(OC)c1)C(=O)CSc1ccc(Cl)cc1. The van der Waals surface area contributed by atoms with Crippen molar-refractivity contribution in [3.8, 4) is 5.75 Å². The number of methoxy groups -OCH3 is 1. The Bertz CT molecular complexity index is 1110. The summed E-state index contributed by atoms with van der Waals surface area (Å²) >= 11 is 7.44. The number of ether oxygens (including phenoxy) is 1. The summed E-state index contributed by atoms with van der Waals surface area (Å²) in [5, 5.41) is 3.70. The number of thioether (sulfide) groups is 1. The Balaban J connectivity index is 1.89. The molecule has 0 aliphatic heterocycles. The van der Waals surface area contributed by atoms with Crippen molar-refractivity contribution in [2.75, 3.05) is 19.4 Å². The Kier molecular flexibility index (Phi) is 11.2. The molecule has 0 unspecified atom stereocenters. The van der Waals surface area contributed by atoms with Crippen molar-refractivity contribution in [2.24, 2.45) is 0 Å². The van der Waals surface area contributed by atoms with Crippen LogP contribution in [-0.4, -0.2) is 42.2 Å². The van der Waals surface area contributed by atoms with Crippen molar-refractivity contribution in [3.63, 3.8) is 0 Å². The minimum absolute atomic E-state index is 0.107. The molecule has 0 saturated carbocycles. The number of hydrogen-bond acceptors (Lipinski definition) is 4. The average Bonchev–Trinajstić information content (AvgIpc) is 2.91. The van der Waals surface area contributed by atoms with Crippen LogP contribution in [-0.2, 0) is 22.6 Å². The van der Waals surface area contributed by atoms with E-state index in [1.54, 1.807) is 12.0 Å². The first-order valence-corrected chi connectivity index (χ1v) is 13.5.